The van der Waals surface area contributed by atoms with Crippen LogP contribution in [0.4, 0.5) is 0 Å². The molecule has 0 aromatic rings. The lowest BCUT2D eigenvalue weighted by Crippen LogP contribution is -2.59. The zero-order valence-electron chi connectivity index (χ0n) is 8.22. The lowest BCUT2D eigenvalue weighted by molar-refractivity contribution is -0.329. The van der Waals surface area contributed by atoms with Crippen LogP contribution in [0.2, 0.25) is 0 Å². The van der Waals surface area contributed by atoms with Gasteiger partial charge in [0.1, 0.15) is 24.4 Å². The van der Waals surface area contributed by atoms with Gasteiger partial charge in [-0.25, -0.2) is 0 Å². The molecule has 94 valence electrons. The molecule has 1 rings (SSSR count). The first kappa shape index (κ1) is 13.3. The summed E-state index contributed by atoms with van der Waals surface area (Å²) in [6, 6.07) is 0. The SMILES string of the molecule is O=C([O-])CO[C@H]1OC(CO)[C@@H](O)[C@H](O)C1O. The van der Waals surface area contributed by atoms with Gasteiger partial charge in [0.15, 0.2) is 6.29 Å². The molecule has 16 heavy (non-hydrogen) atoms. The Balaban J connectivity index is 2.60. The van der Waals surface area contributed by atoms with Gasteiger partial charge in [0.05, 0.1) is 19.2 Å². The van der Waals surface area contributed by atoms with Crippen molar-refractivity contribution in [1.82, 2.24) is 0 Å². The van der Waals surface area contributed by atoms with Crippen molar-refractivity contribution in [3.8, 4) is 0 Å². The molecule has 1 heterocycles. The minimum Gasteiger partial charge on any atom is -0.548 e. The normalized spacial score (nSPS) is 39.6. The predicted octanol–water partition coefficient (Wildman–Crippen LogP) is -4.45. The summed E-state index contributed by atoms with van der Waals surface area (Å²) in [5.41, 5.74) is 0. The van der Waals surface area contributed by atoms with Crippen molar-refractivity contribution in [2.75, 3.05) is 13.2 Å². The van der Waals surface area contributed by atoms with Crippen molar-refractivity contribution < 1.29 is 39.8 Å². The number of aliphatic carboxylic acids is 1. The van der Waals surface area contributed by atoms with Gasteiger partial charge in [-0.3, -0.25) is 0 Å². The third kappa shape index (κ3) is 2.88. The number of rotatable bonds is 4. The van der Waals surface area contributed by atoms with Crippen LogP contribution >= 0.6 is 0 Å². The highest BCUT2D eigenvalue weighted by atomic mass is 16.7. The monoisotopic (exact) mass is 237 g/mol. The summed E-state index contributed by atoms with van der Waals surface area (Å²) in [6.07, 6.45) is -7.24. The highest BCUT2D eigenvalue weighted by molar-refractivity contribution is 5.65. The van der Waals surface area contributed by atoms with Crippen molar-refractivity contribution in [2.24, 2.45) is 0 Å². The summed E-state index contributed by atoms with van der Waals surface area (Å²) in [5, 5.41) is 47.0. The standard InChI is InChI=1S/C8H14O8/c9-1-3-5(12)6(13)7(14)8(16-3)15-2-4(10)11/h3,5-9,12-14H,1-2H2,(H,10,11)/p-1/t3?,5-,6+,7?,8+/m1/s1. The summed E-state index contributed by atoms with van der Waals surface area (Å²) in [4.78, 5) is 10.1. The molecule has 0 bridgehead atoms. The first-order valence-electron chi connectivity index (χ1n) is 4.59. The van der Waals surface area contributed by atoms with Gasteiger partial charge < -0.3 is 39.8 Å². The number of aliphatic hydroxyl groups excluding tert-OH is 4. The highest BCUT2D eigenvalue weighted by Crippen LogP contribution is 2.21. The van der Waals surface area contributed by atoms with Crippen LogP contribution in [0.15, 0.2) is 0 Å². The van der Waals surface area contributed by atoms with Gasteiger partial charge in [-0.2, -0.15) is 0 Å². The van der Waals surface area contributed by atoms with Gasteiger partial charge in [0.2, 0.25) is 0 Å². The zero-order chi connectivity index (χ0) is 12.3. The zero-order valence-corrected chi connectivity index (χ0v) is 8.22. The van der Waals surface area contributed by atoms with Crippen LogP contribution in [-0.2, 0) is 14.3 Å². The fourth-order valence-electron chi connectivity index (χ4n) is 1.36. The second-order valence-corrected chi connectivity index (χ2v) is 3.38. The molecule has 0 aromatic carbocycles. The van der Waals surface area contributed by atoms with Gasteiger partial charge in [-0.05, 0) is 0 Å². The van der Waals surface area contributed by atoms with Crippen LogP contribution < -0.4 is 5.11 Å². The molecule has 0 amide bonds. The van der Waals surface area contributed by atoms with Crippen LogP contribution in [-0.4, -0.2) is 70.3 Å². The third-order valence-corrected chi connectivity index (χ3v) is 2.21. The van der Waals surface area contributed by atoms with Gasteiger partial charge in [-0.15, -0.1) is 0 Å². The fourth-order valence-corrected chi connectivity index (χ4v) is 1.36. The van der Waals surface area contributed by atoms with E-state index in [1.54, 1.807) is 0 Å². The van der Waals surface area contributed by atoms with E-state index in [1.807, 2.05) is 0 Å². The molecular weight excluding hydrogens is 224 g/mol. The Labute approximate surface area is 90.6 Å². The molecule has 4 N–H and O–H groups in total. The number of hydrogen-bond acceptors (Lipinski definition) is 8. The van der Waals surface area contributed by atoms with Crippen molar-refractivity contribution in [2.45, 2.75) is 30.7 Å². The molecule has 0 aliphatic carbocycles. The van der Waals surface area contributed by atoms with Crippen molar-refractivity contribution in [3.63, 3.8) is 0 Å². The van der Waals surface area contributed by atoms with E-state index in [0.29, 0.717) is 0 Å². The Morgan fingerprint density at radius 1 is 1.25 bits per heavy atom. The molecule has 8 heteroatoms. The number of ether oxygens (including phenoxy) is 2. The molecule has 5 atom stereocenters. The molecular formula is C8H13O8-. The molecule has 0 aromatic heterocycles. The van der Waals surface area contributed by atoms with E-state index in [-0.39, 0.29) is 0 Å². The van der Waals surface area contributed by atoms with Gasteiger partial charge >= 0.3 is 0 Å². The number of hydrogen-bond donors (Lipinski definition) is 4. The van der Waals surface area contributed by atoms with E-state index in [0.717, 1.165) is 0 Å². The Kier molecular flexibility index (Phi) is 4.59. The summed E-state index contributed by atoms with van der Waals surface area (Å²) in [5.74, 6) is -1.52. The van der Waals surface area contributed by atoms with Crippen LogP contribution in [0.1, 0.15) is 0 Å². The number of carboxylic acids is 1. The van der Waals surface area contributed by atoms with E-state index >= 15 is 0 Å². The maximum Gasteiger partial charge on any atom is 0.187 e. The average Bonchev–Trinajstić information content (AvgIpc) is 2.25. The molecule has 1 saturated heterocycles. The van der Waals surface area contributed by atoms with E-state index in [9.17, 15) is 25.2 Å². The minimum atomic E-state index is -1.60. The van der Waals surface area contributed by atoms with E-state index < -0.39 is 49.9 Å². The summed E-state index contributed by atoms with van der Waals surface area (Å²) < 4.78 is 9.45. The Morgan fingerprint density at radius 3 is 2.38 bits per heavy atom. The van der Waals surface area contributed by atoms with Crippen molar-refractivity contribution in [1.29, 1.82) is 0 Å². The quantitative estimate of drug-likeness (QED) is 0.384. The number of carbonyl (C=O) groups excluding carboxylic acids is 1. The van der Waals surface area contributed by atoms with E-state index in [4.69, 9.17) is 9.84 Å². The molecule has 0 spiro atoms. The molecule has 2 unspecified atom stereocenters. The largest absolute Gasteiger partial charge is 0.548 e. The lowest BCUT2D eigenvalue weighted by atomic mass is 9.99. The summed E-state index contributed by atoms with van der Waals surface area (Å²) in [6.45, 7) is -1.43. The molecule has 0 radical (unpaired) electrons. The predicted molar refractivity (Wildman–Crippen MR) is 44.7 cm³/mol. The van der Waals surface area contributed by atoms with Gasteiger partial charge in [-0.1, -0.05) is 0 Å². The van der Waals surface area contributed by atoms with E-state index in [1.165, 1.54) is 0 Å². The molecule has 1 aliphatic rings. The highest BCUT2D eigenvalue weighted by Gasteiger charge is 2.43. The number of carbonyl (C=O) groups is 1. The Bertz CT molecular complexity index is 242. The Morgan fingerprint density at radius 2 is 1.88 bits per heavy atom. The number of aliphatic hydroxyl groups is 4. The first-order chi connectivity index (χ1) is 7.47. The van der Waals surface area contributed by atoms with Crippen LogP contribution in [0.25, 0.3) is 0 Å². The molecule has 8 nitrogen and oxygen atoms in total. The second kappa shape index (κ2) is 5.53. The summed E-state index contributed by atoms with van der Waals surface area (Å²) in [7, 11) is 0. The Hall–Kier alpha value is -0.770. The van der Waals surface area contributed by atoms with Crippen molar-refractivity contribution in [3.05, 3.63) is 0 Å². The smallest absolute Gasteiger partial charge is 0.187 e. The topological polar surface area (TPSA) is 140 Å². The summed E-state index contributed by atoms with van der Waals surface area (Å²) >= 11 is 0. The van der Waals surface area contributed by atoms with Crippen LogP contribution in [0, 0.1) is 0 Å². The number of carboxylic acid groups (broad SMARTS) is 1. The first-order valence-corrected chi connectivity index (χ1v) is 4.59. The maximum absolute atomic E-state index is 10.1. The fraction of sp³-hybridized carbons (Fsp3) is 0.875. The molecule has 0 saturated carbocycles. The van der Waals surface area contributed by atoms with Gasteiger partial charge in [0.25, 0.3) is 0 Å². The van der Waals surface area contributed by atoms with Crippen LogP contribution in [0.3, 0.4) is 0 Å². The minimum absolute atomic E-state index is 0.601. The van der Waals surface area contributed by atoms with Crippen LogP contribution in [0.5, 0.6) is 0 Å². The second-order valence-electron chi connectivity index (χ2n) is 3.38. The average molecular weight is 237 g/mol. The third-order valence-electron chi connectivity index (χ3n) is 2.21. The van der Waals surface area contributed by atoms with Crippen molar-refractivity contribution >= 4 is 5.97 Å². The maximum atomic E-state index is 10.1. The molecule has 1 fully saturated rings. The van der Waals surface area contributed by atoms with Gasteiger partial charge in [0, 0.05) is 0 Å². The van der Waals surface area contributed by atoms with E-state index in [2.05, 4.69) is 4.74 Å². The lowest BCUT2D eigenvalue weighted by Gasteiger charge is -2.39. The molecule has 1 aliphatic heterocycles.